The monoisotopic (exact) mass is 301 g/mol. The minimum Gasteiger partial charge on any atom is -0.301 e. The van der Waals surface area contributed by atoms with Crippen molar-refractivity contribution in [2.45, 2.75) is 6.04 Å². The van der Waals surface area contributed by atoms with Gasteiger partial charge in [-0.1, -0.05) is 23.9 Å². The Morgan fingerprint density at radius 1 is 1.29 bits per heavy atom. The van der Waals surface area contributed by atoms with E-state index in [4.69, 9.17) is 0 Å². The van der Waals surface area contributed by atoms with Crippen molar-refractivity contribution in [2.24, 2.45) is 4.99 Å². The maximum atomic E-state index is 12.9. The van der Waals surface area contributed by atoms with E-state index in [1.807, 2.05) is 0 Å². The number of amidine groups is 1. The summed E-state index contributed by atoms with van der Waals surface area (Å²) in [7, 11) is 0. The van der Waals surface area contributed by atoms with Crippen LogP contribution in [0.25, 0.3) is 0 Å². The zero-order valence-corrected chi connectivity index (χ0v) is 11.8. The first kappa shape index (κ1) is 13.8. The molecule has 3 rings (SSSR count). The van der Waals surface area contributed by atoms with Crippen LogP contribution in [-0.4, -0.2) is 21.8 Å². The van der Waals surface area contributed by atoms with Crippen molar-refractivity contribution in [1.82, 2.24) is 10.3 Å². The molecule has 1 atom stereocenters. The molecule has 1 unspecified atom stereocenters. The highest BCUT2D eigenvalue weighted by Gasteiger charge is 2.21. The lowest BCUT2D eigenvalue weighted by atomic mass is 10.1. The molecule has 1 aromatic carbocycles. The molecule has 6 heteroatoms. The Hall–Kier alpha value is -2.21. The van der Waals surface area contributed by atoms with Crippen LogP contribution >= 0.6 is 11.8 Å². The number of hydrogen-bond acceptors (Lipinski definition) is 4. The van der Waals surface area contributed by atoms with Gasteiger partial charge in [-0.25, -0.2) is 4.39 Å². The number of halogens is 1. The third-order valence-corrected chi connectivity index (χ3v) is 4.01. The summed E-state index contributed by atoms with van der Waals surface area (Å²) in [6.07, 6.45) is 3.12. The average molecular weight is 301 g/mol. The number of nitrogens with one attached hydrogen (secondary N) is 1. The van der Waals surface area contributed by atoms with Crippen molar-refractivity contribution in [3.63, 3.8) is 0 Å². The molecule has 0 saturated carbocycles. The Labute approximate surface area is 125 Å². The largest absolute Gasteiger partial charge is 0.301 e. The van der Waals surface area contributed by atoms with Gasteiger partial charge in [0.15, 0.2) is 5.17 Å². The average Bonchev–Trinajstić information content (AvgIpc) is 2.97. The van der Waals surface area contributed by atoms with Gasteiger partial charge in [-0.3, -0.25) is 14.8 Å². The van der Waals surface area contributed by atoms with Gasteiger partial charge >= 0.3 is 0 Å². The van der Waals surface area contributed by atoms with Crippen molar-refractivity contribution in [3.05, 3.63) is 65.7 Å². The molecule has 2 aromatic rings. The fourth-order valence-corrected chi connectivity index (χ4v) is 2.91. The maximum Gasteiger partial charge on any atom is 0.258 e. The van der Waals surface area contributed by atoms with Gasteiger partial charge in [0.05, 0.1) is 11.6 Å². The summed E-state index contributed by atoms with van der Waals surface area (Å²) in [5.41, 5.74) is 1.43. The summed E-state index contributed by atoms with van der Waals surface area (Å²) in [5.74, 6) is 0.237. The summed E-state index contributed by atoms with van der Waals surface area (Å²) >= 11 is 1.48. The Bertz CT molecular complexity index is 673. The van der Waals surface area contributed by atoms with E-state index in [-0.39, 0.29) is 17.8 Å². The molecular formula is C15H12FN3OS. The summed E-state index contributed by atoms with van der Waals surface area (Å²) in [6, 6.07) is 9.62. The highest BCUT2D eigenvalue weighted by atomic mass is 32.2. The predicted octanol–water partition coefficient (Wildman–Crippen LogP) is 2.79. The molecule has 1 amide bonds. The number of rotatable bonds is 2. The highest BCUT2D eigenvalue weighted by molar-refractivity contribution is 8.14. The van der Waals surface area contributed by atoms with E-state index in [0.717, 1.165) is 11.3 Å². The second kappa shape index (κ2) is 6.05. The smallest absolute Gasteiger partial charge is 0.258 e. The number of carbonyl (C=O) groups is 1. The molecule has 21 heavy (non-hydrogen) atoms. The Balaban J connectivity index is 1.69. The highest BCUT2D eigenvalue weighted by Crippen LogP contribution is 2.29. The number of pyridine rings is 1. The molecule has 0 aliphatic carbocycles. The van der Waals surface area contributed by atoms with E-state index in [1.165, 1.54) is 30.1 Å². The van der Waals surface area contributed by atoms with Gasteiger partial charge in [0.2, 0.25) is 0 Å². The van der Waals surface area contributed by atoms with Crippen LogP contribution in [0.2, 0.25) is 0 Å². The molecule has 0 radical (unpaired) electrons. The standard InChI is InChI=1S/C15H12FN3OS/c16-12-5-3-10(4-6-12)13-9-21-15(18-13)19-14(20)11-2-1-7-17-8-11/h1-8,13H,9H2,(H,18,19,20). The van der Waals surface area contributed by atoms with Gasteiger partial charge in [-0.05, 0) is 29.8 Å². The van der Waals surface area contributed by atoms with Crippen LogP contribution in [0.1, 0.15) is 22.0 Å². The number of thioether (sulfide) groups is 1. The molecule has 106 valence electrons. The summed E-state index contributed by atoms with van der Waals surface area (Å²) in [5, 5.41) is 3.35. The summed E-state index contributed by atoms with van der Waals surface area (Å²) in [6.45, 7) is 0. The van der Waals surface area contributed by atoms with Crippen molar-refractivity contribution < 1.29 is 9.18 Å². The summed E-state index contributed by atoms with van der Waals surface area (Å²) in [4.78, 5) is 20.4. The first-order chi connectivity index (χ1) is 10.2. The third-order valence-electron chi connectivity index (χ3n) is 3.05. The van der Waals surface area contributed by atoms with E-state index >= 15 is 0 Å². The fourth-order valence-electron chi connectivity index (χ4n) is 1.96. The van der Waals surface area contributed by atoms with E-state index in [2.05, 4.69) is 15.3 Å². The zero-order chi connectivity index (χ0) is 14.7. The molecule has 0 bridgehead atoms. The molecule has 4 nitrogen and oxygen atoms in total. The molecule has 1 aromatic heterocycles. The van der Waals surface area contributed by atoms with Gasteiger partial charge in [-0.15, -0.1) is 0 Å². The van der Waals surface area contributed by atoms with Crippen LogP contribution in [0.4, 0.5) is 4.39 Å². The second-order valence-electron chi connectivity index (χ2n) is 4.51. The summed E-state index contributed by atoms with van der Waals surface area (Å²) < 4.78 is 12.9. The molecule has 0 saturated heterocycles. The SMILES string of the molecule is O=C(NC1=NC(c2ccc(F)cc2)CS1)c1cccnc1. The van der Waals surface area contributed by atoms with Gasteiger partial charge in [-0.2, -0.15) is 0 Å². The number of hydrogen-bond donors (Lipinski definition) is 1. The van der Waals surface area contributed by atoms with Crippen LogP contribution in [0.3, 0.4) is 0 Å². The van der Waals surface area contributed by atoms with Gasteiger partial charge < -0.3 is 5.32 Å². The number of aliphatic imine (C=N–C) groups is 1. The molecule has 1 aliphatic rings. The Kier molecular flexibility index (Phi) is 3.96. The van der Waals surface area contributed by atoms with Gasteiger partial charge in [0, 0.05) is 18.1 Å². The zero-order valence-electron chi connectivity index (χ0n) is 11.0. The molecule has 0 spiro atoms. The topological polar surface area (TPSA) is 54.4 Å². The normalized spacial score (nSPS) is 17.4. The van der Waals surface area contributed by atoms with Crippen molar-refractivity contribution in [1.29, 1.82) is 0 Å². The van der Waals surface area contributed by atoms with E-state index in [1.54, 1.807) is 30.5 Å². The molecule has 2 heterocycles. The van der Waals surface area contributed by atoms with E-state index < -0.39 is 0 Å². The van der Waals surface area contributed by atoms with Crippen molar-refractivity contribution in [3.8, 4) is 0 Å². The van der Waals surface area contributed by atoms with Crippen LogP contribution in [0.5, 0.6) is 0 Å². The first-order valence-corrected chi connectivity index (χ1v) is 7.38. The number of aromatic nitrogens is 1. The lowest BCUT2D eigenvalue weighted by molar-refractivity contribution is 0.0977. The number of carbonyl (C=O) groups excluding carboxylic acids is 1. The molecule has 0 fully saturated rings. The number of amides is 1. The lowest BCUT2D eigenvalue weighted by Gasteiger charge is -2.05. The Morgan fingerprint density at radius 2 is 2.10 bits per heavy atom. The maximum absolute atomic E-state index is 12.9. The third kappa shape index (κ3) is 3.28. The fraction of sp³-hybridized carbons (Fsp3) is 0.133. The van der Waals surface area contributed by atoms with E-state index in [0.29, 0.717) is 10.7 Å². The first-order valence-electron chi connectivity index (χ1n) is 6.40. The van der Waals surface area contributed by atoms with Crippen molar-refractivity contribution >= 4 is 22.8 Å². The number of nitrogens with zero attached hydrogens (tertiary/aromatic N) is 2. The molecule has 1 N–H and O–H groups in total. The minimum atomic E-state index is -0.265. The van der Waals surface area contributed by atoms with Crippen LogP contribution in [-0.2, 0) is 0 Å². The quantitative estimate of drug-likeness (QED) is 0.928. The van der Waals surface area contributed by atoms with Gasteiger partial charge in [0.1, 0.15) is 5.82 Å². The van der Waals surface area contributed by atoms with E-state index in [9.17, 15) is 9.18 Å². The van der Waals surface area contributed by atoms with Crippen molar-refractivity contribution in [2.75, 3.05) is 5.75 Å². The van der Waals surface area contributed by atoms with Crippen LogP contribution in [0.15, 0.2) is 53.8 Å². The van der Waals surface area contributed by atoms with Crippen LogP contribution < -0.4 is 5.32 Å². The second-order valence-corrected chi connectivity index (χ2v) is 5.52. The van der Waals surface area contributed by atoms with Crippen LogP contribution in [0, 0.1) is 5.82 Å². The molecular weight excluding hydrogens is 289 g/mol. The minimum absolute atomic E-state index is 0.0557. The lowest BCUT2D eigenvalue weighted by Crippen LogP contribution is -2.27. The Morgan fingerprint density at radius 3 is 2.81 bits per heavy atom. The predicted molar refractivity (Wildman–Crippen MR) is 80.7 cm³/mol. The molecule has 1 aliphatic heterocycles. The number of benzene rings is 1. The van der Waals surface area contributed by atoms with Gasteiger partial charge in [0.25, 0.3) is 5.91 Å².